The highest BCUT2D eigenvalue weighted by atomic mass is 15.1. The molecule has 3 aliphatic carbocycles. The van der Waals surface area contributed by atoms with E-state index in [0.29, 0.717) is 52.4 Å². The summed E-state index contributed by atoms with van der Waals surface area (Å²) in [5.41, 5.74) is 30.9. The van der Waals surface area contributed by atoms with Crippen molar-refractivity contribution in [1.82, 2.24) is 44.9 Å². The van der Waals surface area contributed by atoms with Crippen molar-refractivity contribution < 1.29 is 0 Å². The van der Waals surface area contributed by atoms with Crippen LogP contribution in [0.5, 0.6) is 0 Å². The van der Waals surface area contributed by atoms with Crippen molar-refractivity contribution in [2.75, 3.05) is 0 Å². The summed E-state index contributed by atoms with van der Waals surface area (Å²) >= 11 is 0. The maximum atomic E-state index is 5.26. The highest BCUT2D eigenvalue weighted by Gasteiger charge is 2.40. The fraction of sp³-hybridized carbons (Fsp3) is 0.0682. The van der Waals surface area contributed by atoms with Gasteiger partial charge in [0.15, 0.2) is 52.4 Å². The van der Waals surface area contributed by atoms with Crippen molar-refractivity contribution in [1.29, 1.82) is 0 Å². The summed E-state index contributed by atoms with van der Waals surface area (Å²) in [4.78, 5) is 46.2. The molecule has 27 rings (SSSR count). The molecule has 0 amide bonds. The van der Waals surface area contributed by atoms with Gasteiger partial charge in [-0.3, -0.25) is 0 Å². The first-order valence-electron chi connectivity index (χ1n) is 48.3. The summed E-state index contributed by atoms with van der Waals surface area (Å²) in [6.07, 6.45) is 0. The molecule has 0 radical (unpaired) electrons. The number of rotatable bonds is 12. The van der Waals surface area contributed by atoms with Crippen molar-refractivity contribution in [2.24, 2.45) is 0 Å². The molecule has 3 aliphatic rings. The van der Waals surface area contributed by atoms with Gasteiger partial charge in [-0.05, 0) is 244 Å². The van der Waals surface area contributed by atoms with Gasteiger partial charge in [-0.2, -0.15) is 0 Å². The normalized spacial score (nSPS) is 13.1. The molecule has 0 bridgehead atoms. The van der Waals surface area contributed by atoms with E-state index < -0.39 is 0 Å². The van der Waals surface area contributed by atoms with Crippen molar-refractivity contribution in [3.05, 3.63) is 488 Å². The standard InChI is InChI=1S/C48H33N3.C44H31N3.C40H29N3/c1-48(2)43-29-36(22-23-40(43)42-27-33-16-8-9-17-34(33)28-44(42)48)46-49-45(35-21-20-30-12-6-7-15-32(30)26-35)50-47(51-46)41-25-24-37(31-13-4-3-5-14-31)38-18-10-11-19-39(38)41;1-44(2)39-27-36(21-22-37(39)38-25-32-15-8-9-16-33(32)26-40(38)44)43-46-41(34-18-10-17-31(23-34)28-11-4-3-5-12-28)45-42(47-43)35-20-19-29-13-6-7-14-30(29)24-35;1-40(2)35-18-9-8-17-33(35)34-22-21-32(25-36(34)40)39-42-37(30-16-10-15-29(23-30)26-11-4-3-5-12-26)41-38(43-39)31-20-19-27-13-6-7-14-28(27)24-31/h3-29H,1-2H3;3-27H,1-2H3;3-25H,1-2H3. The first-order chi connectivity index (χ1) is 69.1. The van der Waals surface area contributed by atoms with Gasteiger partial charge in [0, 0.05) is 66.3 Å². The molecule has 9 nitrogen and oxygen atoms in total. The predicted molar refractivity (Wildman–Crippen MR) is 582 cm³/mol. The lowest BCUT2D eigenvalue weighted by Gasteiger charge is -2.22. The van der Waals surface area contributed by atoms with Crippen LogP contribution in [0.3, 0.4) is 0 Å². The van der Waals surface area contributed by atoms with Crippen LogP contribution in [0.2, 0.25) is 0 Å². The smallest absolute Gasteiger partial charge is 0.164 e. The molecule has 0 saturated heterocycles. The molecule has 3 aromatic heterocycles. The lowest BCUT2D eigenvalue weighted by molar-refractivity contribution is 0.660. The van der Waals surface area contributed by atoms with Crippen LogP contribution < -0.4 is 0 Å². The number of nitrogens with zero attached hydrogens (tertiary/aromatic N) is 9. The van der Waals surface area contributed by atoms with Crippen LogP contribution in [0.1, 0.15) is 74.9 Å². The maximum absolute atomic E-state index is 5.26. The molecule has 0 saturated carbocycles. The molecule has 666 valence electrons. The topological polar surface area (TPSA) is 116 Å². The van der Waals surface area contributed by atoms with E-state index in [9.17, 15) is 0 Å². The zero-order valence-electron chi connectivity index (χ0n) is 78.8. The Balaban J connectivity index is 0.000000112. The summed E-state index contributed by atoms with van der Waals surface area (Å²) in [7, 11) is 0. The monoisotopic (exact) mass is 1800 g/mol. The summed E-state index contributed by atoms with van der Waals surface area (Å²) in [5, 5.41) is 14.4. The van der Waals surface area contributed by atoms with Crippen molar-refractivity contribution >= 4 is 64.6 Å². The Morgan fingerprint density at radius 2 is 0.355 bits per heavy atom. The van der Waals surface area contributed by atoms with Gasteiger partial charge in [-0.1, -0.05) is 418 Å². The summed E-state index contributed by atoms with van der Waals surface area (Å²) in [6, 6.07) is 161. The Bertz CT molecular complexity index is 9160. The van der Waals surface area contributed by atoms with E-state index in [2.05, 4.69) is 484 Å². The van der Waals surface area contributed by atoms with Gasteiger partial charge in [0.2, 0.25) is 0 Å². The van der Waals surface area contributed by atoms with Crippen molar-refractivity contribution in [3.63, 3.8) is 0 Å². The third-order valence-electron chi connectivity index (χ3n) is 29.1. The zero-order valence-corrected chi connectivity index (χ0v) is 78.8. The molecule has 0 unspecified atom stereocenters. The second kappa shape index (κ2) is 34.5. The summed E-state index contributed by atoms with van der Waals surface area (Å²) < 4.78 is 0. The zero-order chi connectivity index (χ0) is 94.6. The summed E-state index contributed by atoms with van der Waals surface area (Å²) in [6.45, 7) is 13.9. The Kier molecular flexibility index (Phi) is 20.8. The van der Waals surface area contributed by atoms with E-state index in [1.165, 1.54) is 121 Å². The van der Waals surface area contributed by atoms with E-state index in [1.54, 1.807) is 0 Å². The van der Waals surface area contributed by atoms with Gasteiger partial charge in [-0.15, -0.1) is 0 Å². The average molecular weight is 1810 g/mol. The van der Waals surface area contributed by atoms with Crippen LogP contribution in [-0.2, 0) is 16.2 Å². The Hall–Kier alpha value is -17.8. The molecule has 3 heterocycles. The quantitative estimate of drug-likeness (QED) is 0.118. The number of aromatic nitrogens is 9. The molecule has 0 aliphatic heterocycles. The number of hydrogen-bond acceptors (Lipinski definition) is 9. The van der Waals surface area contributed by atoms with E-state index in [1.807, 2.05) is 12.1 Å². The average Bonchev–Trinajstić information content (AvgIpc) is 1.58. The molecule has 0 fully saturated rings. The van der Waals surface area contributed by atoms with Crippen LogP contribution >= 0.6 is 0 Å². The van der Waals surface area contributed by atoms with Crippen LogP contribution in [0.15, 0.2) is 455 Å². The van der Waals surface area contributed by atoms with Gasteiger partial charge in [0.25, 0.3) is 0 Å². The summed E-state index contributed by atoms with van der Waals surface area (Å²) in [5.74, 6) is 5.97. The molecule has 141 heavy (non-hydrogen) atoms. The van der Waals surface area contributed by atoms with Crippen LogP contribution in [0.4, 0.5) is 0 Å². The molecular formula is C132H93N9. The van der Waals surface area contributed by atoms with Crippen LogP contribution in [0, 0.1) is 0 Å². The number of fused-ring (bicyclic) bond motifs is 15. The van der Waals surface area contributed by atoms with E-state index in [0.717, 1.165) is 93.9 Å². The SMILES string of the molecule is CC1(C)c2cc(-c3nc(-c4ccc5ccccc5c4)nc(-c4ccc(-c5ccccc5)c5ccccc45)n3)ccc2-c2cc3ccccc3cc21.CC1(C)c2cc(-c3nc(-c4cccc(-c5ccccc5)c4)nc(-c4ccc5ccccc5c4)n3)ccc2-c2cc3ccccc3cc21.CC1(C)c2ccccc2-c2ccc(-c3nc(-c4cccc(-c5ccccc5)c4)nc(-c4ccc5ccccc5c4)n3)cc21. The Labute approximate surface area is 819 Å². The second-order valence-corrected chi connectivity index (χ2v) is 38.8. The first-order valence-corrected chi connectivity index (χ1v) is 48.3. The number of benzene rings is 21. The highest BCUT2D eigenvalue weighted by molar-refractivity contribution is 6.05. The molecule has 24 aromatic rings. The third kappa shape index (κ3) is 15.4. The Morgan fingerprint density at radius 3 is 0.738 bits per heavy atom. The fourth-order valence-electron chi connectivity index (χ4n) is 21.5. The molecule has 0 spiro atoms. The second-order valence-electron chi connectivity index (χ2n) is 38.8. The van der Waals surface area contributed by atoms with Crippen LogP contribution in [0.25, 0.3) is 234 Å². The van der Waals surface area contributed by atoms with Gasteiger partial charge in [0.1, 0.15) is 0 Å². The molecular weight excluding hydrogens is 1710 g/mol. The lowest BCUT2D eigenvalue weighted by atomic mass is 9.81. The first kappa shape index (κ1) is 84.9. The van der Waals surface area contributed by atoms with Crippen LogP contribution in [-0.4, -0.2) is 44.9 Å². The Morgan fingerprint density at radius 1 is 0.121 bits per heavy atom. The minimum absolute atomic E-state index is 0.108. The predicted octanol–water partition coefficient (Wildman–Crippen LogP) is 33.5. The largest absolute Gasteiger partial charge is 0.208 e. The molecule has 9 heteroatoms. The van der Waals surface area contributed by atoms with Gasteiger partial charge in [0.05, 0.1) is 0 Å². The third-order valence-corrected chi connectivity index (χ3v) is 29.1. The van der Waals surface area contributed by atoms with Gasteiger partial charge < -0.3 is 0 Å². The number of hydrogen-bond donors (Lipinski definition) is 0. The lowest BCUT2D eigenvalue weighted by Crippen LogP contribution is -2.15. The molecule has 0 N–H and O–H groups in total. The van der Waals surface area contributed by atoms with Crippen molar-refractivity contribution in [3.8, 4) is 169 Å². The van der Waals surface area contributed by atoms with Gasteiger partial charge in [-0.25, -0.2) is 44.9 Å². The van der Waals surface area contributed by atoms with E-state index >= 15 is 0 Å². The maximum Gasteiger partial charge on any atom is 0.164 e. The van der Waals surface area contributed by atoms with E-state index in [4.69, 9.17) is 44.9 Å². The highest BCUT2D eigenvalue weighted by Crippen LogP contribution is 2.55. The molecule has 0 atom stereocenters. The van der Waals surface area contributed by atoms with E-state index in [-0.39, 0.29) is 16.2 Å². The molecule has 21 aromatic carbocycles. The minimum atomic E-state index is -0.175. The minimum Gasteiger partial charge on any atom is -0.208 e. The fourth-order valence-corrected chi connectivity index (χ4v) is 21.5. The van der Waals surface area contributed by atoms with Gasteiger partial charge >= 0.3 is 0 Å². The van der Waals surface area contributed by atoms with Crippen molar-refractivity contribution in [2.45, 2.75) is 57.8 Å².